The number of amides is 1. The molecule has 5 rings (SSSR count). The van der Waals surface area contributed by atoms with E-state index in [-0.39, 0.29) is 5.56 Å². The van der Waals surface area contributed by atoms with E-state index in [1.54, 1.807) is 32.8 Å². The molecule has 206 valence electrons. The van der Waals surface area contributed by atoms with Crippen LogP contribution in [0.2, 0.25) is 5.02 Å². The number of halogens is 1. The Balaban J connectivity index is 1.53. The fourth-order valence-electron chi connectivity index (χ4n) is 5.59. The summed E-state index contributed by atoms with van der Waals surface area (Å²) in [6.07, 6.45) is 3.56. The van der Waals surface area contributed by atoms with Crippen LogP contribution in [-0.4, -0.2) is 34.2 Å². The van der Waals surface area contributed by atoms with Gasteiger partial charge in [0.15, 0.2) is 0 Å². The number of pyridine rings is 1. The van der Waals surface area contributed by atoms with Crippen molar-refractivity contribution in [2.75, 3.05) is 19.5 Å². The molecule has 8 nitrogen and oxygen atoms in total. The zero-order valence-corrected chi connectivity index (χ0v) is 24.3. The van der Waals surface area contributed by atoms with E-state index < -0.39 is 11.5 Å². The Hall–Kier alpha value is -4.17. The number of benzene rings is 2. The molecule has 0 aliphatic heterocycles. The maximum atomic E-state index is 13.2. The van der Waals surface area contributed by atoms with E-state index in [9.17, 15) is 9.59 Å². The standard InChI is InChI=1S/C31H32ClN5O3/c1-17-13-14-19-15-25(35-29(40-6)26(17)19)22-11-7-10-21(27(22)32)20-9-8-12-24(18(20)2)34-28(38)23-16-36(4)31(33-3)37(5)30(23)39/h7-12,15-17H,13-14H2,1-6H3,(H,34,38). The van der Waals surface area contributed by atoms with Gasteiger partial charge in [-0.25, -0.2) is 4.98 Å². The molecule has 1 atom stereocenters. The van der Waals surface area contributed by atoms with Gasteiger partial charge in [-0.2, -0.15) is 0 Å². The zero-order valence-electron chi connectivity index (χ0n) is 23.5. The predicted octanol–water partition coefficient (Wildman–Crippen LogP) is 5.26. The summed E-state index contributed by atoms with van der Waals surface area (Å²) in [6.45, 7) is 4.12. The van der Waals surface area contributed by atoms with E-state index in [1.165, 1.54) is 21.9 Å². The average Bonchev–Trinajstić information content (AvgIpc) is 3.32. The van der Waals surface area contributed by atoms with Gasteiger partial charge >= 0.3 is 0 Å². The molecular formula is C31H32ClN5O3. The van der Waals surface area contributed by atoms with Gasteiger partial charge in [0.25, 0.3) is 11.5 Å². The third-order valence-corrected chi connectivity index (χ3v) is 8.11. The number of anilines is 1. The average molecular weight is 558 g/mol. The summed E-state index contributed by atoms with van der Waals surface area (Å²) < 4.78 is 8.66. The van der Waals surface area contributed by atoms with Gasteiger partial charge in [0, 0.05) is 49.7 Å². The number of hydrogen-bond donors (Lipinski definition) is 1. The minimum atomic E-state index is -0.498. The van der Waals surface area contributed by atoms with Gasteiger partial charge in [-0.05, 0) is 54.5 Å². The maximum absolute atomic E-state index is 13.2. The van der Waals surface area contributed by atoms with Crippen LogP contribution in [0, 0.1) is 6.92 Å². The van der Waals surface area contributed by atoms with E-state index in [2.05, 4.69) is 23.3 Å². The number of rotatable bonds is 5. The molecule has 2 heterocycles. The topological polar surface area (TPSA) is 90.5 Å². The fourth-order valence-corrected chi connectivity index (χ4v) is 5.92. The second kappa shape index (κ2) is 10.8. The number of carbonyl (C=O) groups excluding carboxylic acids is 1. The Bertz CT molecular complexity index is 1790. The molecule has 40 heavy (non-hydrogen) atoms. The van der Waals surface area contributed by atoms with Gasteiger partial charge in [-0.1, -0.05) is 48.9 Å². The van der Waals surface area contributed by atoms with Crippen molar-refractivity contribution in [3.8, 4) is 28.3 Å². The van der Waals surface area contributed by atoms with E-state index >= 15 is 0 Å². The summed E-state index contributed by atoms with van der Waals surface area (Å²) in [7, 11) is 6.59. The summed E-state index contributed by atoms with van der Waals surface area (Å²) in [5.41, 5.74) is 7.16. The largest absolute Gasteiger partial charge is 0.481 e. The molecular weight excluding hydrogens is 526 g/mol. The molecule has 2 aromatic heterocycles. The number of carbonyl (C=O) groups is 1. The monoisotopic (exact) mass is 557 g/mol. The van der Waals surface area contributed by atoms with Gasteiger partial charge in [0.1, 0.15) is 5.56 Å². The van der Waals surface area contributed by atoms with Gasteiger partial charge < -0.3 is 14.6 Å². The van der Waals surface area contributed by atoms with Gasteiger partial charge in [0.05, 0.1) is 17.8 Å². The molecule has 0 spiro atoms. The Morgan fingerprint density at radius 3 is 2.58 bits per heavy atom. The Labute approximate surface area is 238 Å². The zero-order chi connectivity index (χ0) is 28.7. The minimum Gasteiger partial charge on any atom is -0.481 e. The summed E-state index contributed by atoms with van der Waals surface area (Å²) in [4.78, 5) is 35.0. The quantitative estimate of drug-likeness (QED) is 0.362. The van der Waals surface area contributed by atoms with E-state index in [0.717, 1.165) is 40.8 Å². The Morgan fingerprint density at radius 2 is 1.85 bits per heavy atom. The Kier molecular flexibility index (Phi) is 7.38. The van der Waals surface area contributed by atoms with Crippen molar-refractivity contribution in [2.45, 2.75) is 32.6 Å². The van der Waals surface area contributed by atoms with Crippen LogP contribution in [0.15, 0.2) is 58.4 Å². The number of methoxy groups -OCH3 is 1. The highest BCUT2D eigenvalue weighted by molar-refractivity contribution is 6.36. The first-order chi connectivity index (χ1) is 19.2. The number of aryl methyl sites for hydroxylation is 2. The van der Waals surface area contributed by atoms with Gasteiger partial charge in [-0.15, -0.1) is 0 Å². The van der Waals surface area contributed by atoms with Crippen molar-refractivity contribution in [1.82, 2.24) is 14.1 Å². The number of ether oxygens (including phenoxy) is 1. The van der Waals surface area contributed by atoms with Crippen LogP contribution in [0.1, 0.15) is 46.3 Å². The van der Waals surface area contributed by atoms with E-state index in [4.69, 9.17) is 21.3 Å². The second-order valence-corrected chi connectivity index (χ2v) is 10.5. The summed E-state index contributed by atoms with van der Waals surface area (Å²) in [5, 5.41) is 3.48. The molecule has 0 bridgehead atoms. The SMILES string of the molecule is CN=c1n(C)cc(C(=O)Nc2cccc(-c3cccc(-c4cc5c(c(OC)n4)C(C)CC5)c3Cl)c2C)c(=O)n1C. The van der Waals surface area contributed by atoms with Crippen molar-refractivity contribution < 1.29 is 9.53 Å². The summed E-state index contributed by atoms with van der Waals surface area (Å²) >= 11 is 7.04. The maximum Gasteiger partial charge on any atom is 0.267 e. The molecule has 1 N–H and O–H groups in total. The van der Waals surface area contributed by atoms with Crippen LogP contribution >= 0.6 is 11.6 Å². The number of fused-ring (bicyclic) bond motifs is 1. The molecule has 1 aliphatic rings. The molecule has 0 radical (unpaired) electrons. The van der Waals surface area contributed by atoms with Gasteiger partial charge in [-0.3, -0.25) is 19.1 Å². The number of nitrogens with one attached hydrogen (secondary N) is 1. The lowest BCUT2D eigenvalue weighted by Crippen LogP contribution is -2.41. The molecule has 0 saturated carbocycles. The van der Waals surface area contributed by atoms with Crippen LogP contribution in [0.25, 0.3) is 22.4 Å². The molecule has 1 aliphatic carbocycles. The lowest BCUT2D eigenvalue weighted by atomic mass is 9.95. The van der Waals surface area contributed by atoms with Crippen molar-refractivity contribution in [3.63, 3.8) is 0 Å². The molecule has 0 fully saturated rings. The Morgan fingerprint density at radius 1 is 1.15 bits per heavy atom. The third-order valence-electron chi connectivity index (χ3n) is 7.71. The van der Waals surface area contributed by atoms with Crippen LogP contribution in [0.4, 0.5) is 5.69 Å². The van der Waals surface area contributed by atoms with Crippen LogP contribution in [0.3, 0.4) is 0 Å². The van der Waals surface area contributed by atoms with Crippen LogP contribution in [0.5, 0.6) is 5.88 Å². The molecule has 4 aromatic rings. The first kappa shape index (κ1) is 27.4. The lowest BCUT2D eigenvalue weighted by Gasteiger charge is -2.17. The predicted molar refractivity (Wildman–Crippen MR) is 158 cm³/mol. The molecule has 0 saturated heterocycles. The smallest absolute Gasteiger partial charge is 0.267 e. The first-order valence-electron chi connectivity index (χ1n) is 13.1. The number of aromatic nitrogens is 3. The normalized spacial score (nSPS) is 14.8. The van der Waals surface area contributed by atoms with E-state index in [1.807, 2.05) is 43.3 Å². The van der Waals surface area contributed by atoms with Crippen molar-refractivity contribution in [2.24, 2.45) is 19.1 Å². The second-order valence-electron chi connectivity index (χ2n) is 10.2. The molecule has 9 heteroatoms. The van der Waals surface area contributed by atoms with Gasteiger partial charge in [0.2, 0.25) is 11.5 Å². The number of hydrogen-bond acceptors (Lipinski definition) is 5. The van der Waals surface area contributed by atoms with Crippen molar-refractivity contribution >= 4 is 23.2 Å². The van der Waals surface area contributed by atoms with Crippen LogP contribution < -0.4 is 21.2 Å². The number of nitrogens with zero attached hydrogens (tertiary/aromatic N) is 4. The highest BCUT2D eigenvalue weighted by Gasteiger charge is 2.26. The minimum absolute atomic E-state index is 0.0215. The molecule has 2 aromatic carbocycles. The van der Waals surface area contributed by atoms with Crippen molar-refractivity contribution in [1.29, 1.82) is 0 Å². The fraction of sp³-hybridized carbons (Fsp3) is 0.290. The highest BCUT2D eigenvalue weighted by Crippen LogP contribution is 2.43. The first-order valence-corrected chi connectivity index (χ1v) is 13.5. The van der Waals surface area contributed by atoms with E-state index in [0.29, 0.717) is 28.1 Å². The summed E-state index contributed by atoms with van der Waals surface area (Å²) in [5.74, 6) is 0.568. The lowest BCUT2D eigenvalue weighted by molar-refractivity contribution is 0.102. The molecule has 1 amide bonds. The highest BCUT2D eigenvalue weighted by atomic mass is 35.5. The van der Waals surface area contributed by atoms with Crippen LogP contribution in [-0.2, 0) is 20.5 Å². The third kappa shape index (κ3) is 4.62. The molecule has 1 unspecified atom stereocenters. The summed E-state index contributed by atoms with van der Waals surface area (Å²) in [6, 6.07) is 13.6. The van der Waals surface area contributed by atoms with Crippen molar-refractivity contribution in [3.05, 3.63) is 91.9 Å².